The predicted octanol–water partition coefficient (Wildman–Crippen LogP) is -0.192. The summed E-state index contributed by atoms with van der Waals surface area (Å²) in [5.41, 5.74) is 5.25. The molecule has 6 nitrogen and oxygen atoms in total. The second-order valence-corrected chi connectivity index (χ2v) is 3.53. The van der Waals surface area contributed by atoms with Gasteiger partial charge in [0, 0.05) is 19.6 Å². The van der Waals surface area contributed by atoms with Crippen LogP contribution >= 0.6 is 0 Å². The molecule has 1 amide bonds. The Kier molecular flexibility index (Phi) is 4.89. The molecule has 4 N–H and O–H groups in total. The highest BCUT2D eigenvalue weighted by molar-refractivity contribution is 5.81. The Bertz CT molecular complexity index is 237. The zero-order valence-corrected chi connectivity index (χ0v) is 8.61. The number of carbonyl (C=O) groups is 1. The Balaban J connectivity index is 2.08. The first-order chi connectivity index (χ1) is 7.22. The minimum Gasteiger partial charge on any atom is -0.409 e. The van der Waals surface area contributed by atoms with Gasteiger partial charge in [-0.3, -0.25) is 4.79 Å². The normalized spacial score (nSPS) is 21.6. The number of oxime groups is 1. The van der Waals surface area contributed by atoms with Crippen LogP contribution in [-0.4, -0.2) is 36.2 Å². The molecule has 0 saturated carbocycles. The lowest BCUT2D eigenvalue weighted by atomic mass is 10.2. The molecule has 6 heteroatoms. The highest BCUT2D eigenvalue weighted by Crippen LogP contribution is 2.14. The number of rotatable bonds is 5. The van der Waals surface area contributed by atoms with Crippen molar-refractivity contribution < 1.29 is 14.7 Å². The monoisotopic (exact) mass is 215 g/mol. The van der Waals surface area contributed by atoms with Crippen molar-refractivity contribution in [1.29, 1.82) is 0 Å². The third-order valence-corrected chi connectivity index (χ3v) is 2.27. The van der Waals surface area contributed by atoms with Crippen molar-refractivity contribution in [3.8, 4) is 0 Å². The van der Waals surface area contributed by atoms with E-state index in [1.807, 2.05) is 0 Å². The van der Waals surface area contributed by atoms with E-state index in [0.29, 0.717) is 19.4 Å². The molecule has 1 aliphatic heterocycles. The van der Waals surface area contributed by atoms with Gasteiger partial charge in [-0.05, 0) is 12.8 Å². The fourth-order valence-electron chi connectivity index (χ4n) is 1.46. The Morgan fingerprint density at radius 2 is 2.47 bits per heavy atom. The van der Waals surface area contributed by atoms with Crippen LogP contribution in [0.15, 0.2) is 5.16 Å². The van der Waals surface area contributed by atoms with Crippen LogP contribution in [-0.2, 0) is 9.53 Å². The smallest absolute Gasteiger partial charge is 0.222 e. The fourth-order valence-corrected chi connectivity index (χ4v) is 1.46. The van der Waals surface area contributed by atoms with Crippen LogP contribution in [0.2, 0.25) is 0 Å². The molecule has 0 spiro atoms. The molecule has 0 radical (unpaired) electrons. The van der Waals surface area contributed by atoms with Crippen LogP contribution in [0.5, 0.6) is 0 Å². The topological polar surface area (TPSA) is 96.9 Å². The summed E-state index contributed by atoms with van der Waals surface area (Å²) in [7, 11) is 0. The maximum Gasteiger partial charge on any atom is 0.222 e. The average molecular weight is 215 g/mol. The van der Waals surface area contributed by atoms with Crippen molar-refractivity contribution in [1.82, 2.24) is 5.32 Å². The summed E-state index contributed by atoms with van der Waals surface area (Å²) in [6, 6.07) is 0. The molecule has 1 saturated heterocycles. The van der Waals surface area contributed by atoms with Crippen LogP contribution in [0.4, 0.5) is 0 Å². The molecule has 15 heavy (non-hydrogen) atoms. The van der Waals surface area contributed by atoms with Crippen LogP contribution in [0.25, 0.3) is 0 Å². The van der Waals surface area contributed by atoms with Crippen molar-refractivity contribution in [2.75, 3.05) is 13.2 Å². The Morgan fingerprint density at radius 3 is 3.07 bits per heavy atom. The Hall–Kier alpha value is -1.30. The first-order valence-corrected chi connectivity index (χ1v) is 5.07. The maximum absolute atomic E-state index is 11.3. The first-order valence-electron chi connectivity index (χ1n) is 5.07. The third-order valence-electron chi connectivity index (χ3n) is 2.27. The predicted molar refractivity (Wildman–Crippen MR) is 54.6 cm³/mol. The molecular weight excluding hydrogens is 198 g/mol. The standard InChI is InChI=1S/C9H17N3O3/c10-8(12-14)3-4-11-9(13)6-7-2-1-5-15-7/h7,14H,1-6H2,(H2,10,12)(H,11,13). The Labute approximate surface area is 88.5 Å². The fraction of sp³-hybridized carbons (Fsp3) is 0.778. The number of ether oxygens (including phenoxy) is 1. The molecule has 0 aromatic rings. The molecular formula is C9H17N3O3. The van der Waals surface area contributed by atoms with Gasteiger partial charge in [0.15, 0.2) is 0 Å². The van der Waals surface area contributed by atoms with E-state index in [4.69, 9.17) is 15.7 Å². The largest absolute Gasteiger partial charge is 0.409 e. The van der Waals surface area contributed by atoms with E-state index in [-0.39, 0.29) is 17.8 Å². The Morgan fingerprint density at radius 1 is 1.67 bits per heavy atom. The average Bonchev–Trinajstić information content (AvgIpc) is 2.70. The molecule has 1 atom stereocenters. The molecule has 0 aromatic heterocycles. The van der Waals surface area contributed by atoms with E-state index in [1.54, 1.807) is 0 Å². The van der Waals surface area contributed by atoms with Gasteiger partial charge in [-0.25, -0.2) is 0 Å². The van der Waals surface area contributed by atoms with E-state index in [9.17, 15) is 4.79 Å². The van der Waals surface area contributed by atoms with Crippen molar-refractivity contribution in [3.05, 3.63) is 0 Å². The molecule has 0 aromatic carbocycles. The number of amidine groups is 1. The van der Waals surface area contributed by atoms with Gasteiger partial charge in [0.05, 0.1) is 12.5 Å². The first kappa shape index (κ1) is 11.8. The van der Waals surface area contributed by atoms with Gasteiger partial charge in [0.2, 0.25) is 5.91 Å². The molecule has 0 bridgehead atoms. The molecule has 86 valence electrons. The summed E-state index contributed by atoms with van der Waals surface area (Å²) in [5.74, 6) is 0.0695. The van der Waals surface area contributed by atoms with Gasteiger partial charge in [0.1, 0.15) is 5.84 Å². The zero-order valence-electron chi connectivity index (χ0n) is 8.61. The van der Waals surface area contributed by atoms with Crippen molar-refractivity contribution in [2.24, 2.45) is 10.9 Å². The number of hydrogen-bond donors (Lipinski definition) is 3. The van der Waals surface area contributed by atoms with Crippen molar-refractivity contribution in [3.63, 3.8) is 0 Å². The van der Waals surface area contributed by atoms with Gasteiger partial charge in [0.25, 0.3) is 0 Å². The molecule has 1 rings (SSSR count). The number of amides is 1. The van der Waals surface area contributed by atoms with Gasteiger partial charge >= 0.3 is 0 Å². The lowest BCUT2D eigenvalue weighted by Gasteiger charge is -2.09. The van der Waals surface area contributed by atoms with E-state index in [1.165, 1.54) is 0 Å². The molecule has 0 aliphatic carbocycles. The molecule has 1 aliphatic rings. The number of carbonyl (C=O) groups excluding carboxylic acids is 1. The van der Waals surface area contributed by atoms with Crippen LogP contribution in [0, 0.1) is 0 Å². The maximum atomic E-state index is 11.3. The van der Waals surface area contributed by atoms with Crippen molar-refractivity contribution in [2.45, 2.75) is 31.8 Å². The minimum atomic E-state index is -0.0485. The lowest BCUT2D eigenvalue weighted by Crippen LogP contribution is -2.30. The van der Waals surface area contributed by atoms with Crippen LogP contribution in [0.3, 0.4) is 0 Å². The number of nitrogens with zero attached hydrogens (tertiary/aromatic N) is 1. The molecule has 1 fully saturated rings. The highest BCUT2D eigenvalue weighted by atomic mass is 16.5. The zero-order chi connectivity index (χ0) is 11.1. The molecule has 1 heterocycles. The summed E-state index contributed by atoms with van der Waals surface area (Å²) in [6.45, 7) is 1.14. The summed E-state index contributed by atoms with van der Waals surface area (Å²) in [5, 5.41) is 13.8. The number of hydrogen-bond acceptors (Lipinski definition) is 4. The van der Waals surface area contributed by atoms with Crippen molar-refractivity contribution >= 4 is 11.7 Å². The third kappa shape index (κ3) is 4.64. The second-order valence-electron chi connectivity index (χ2n) is 3.53. The summed E-state index contributed by atoms with van der Waals surface area (Å²) in [4.78, 5) is 11.3. The number of nitrogens with one attached hydrogen (secondary N) is 1. The van der Waals surface area contributed by atoms with Crippen LogP contribution in [0.1, 0.15) is 25.7 Å². The van der Waals surface area contributed by atoms with E-state index >= 15 is 0 Å². The highest BCUT2D eigenvalue weighted by Gasteiger charge is 2.18. The minimum absolute atomic E-state index is 0.0485. The van der Waals surface area contributed by atoms with Gasteiger partial charge < -0.3 is 21.0 Å². The summed E-state index contributed by atoms with van der Waals surface area (Å²) < 4.78 is 5.32. The van der Waals surface area contributed by atoms with E-state index in [0.717, 1.165) is 19.4 Å². The van der Waals surface area contributed by atoms with Gasteiger partial charge in [-0.1, -0.05) is 5.16 Å². The lowest BCUT2D eigenvalue weighted by molar-refractivity contribution is -0.123. The SMILES string of the molecule is NC(CCNC(=O)CC1CCCO1)=NO. The van der Waals surface area contributed by atoms with E-state index in [2.05, 4.69) is 10.5 Å². The quantitative estimate of drug-likeness (QED) is 0.256. The van der Waals surface area contributed by atoms with Gasteiger partial charge in [-0.15, -0.1) is 0 Å². The van der Waals surface area contributed by atoms with E-state index < -0.39 is 0 Å². The summed E-state index contributed by atoms with van der Waals surface area (Å²) >= 11 is 0. The second kappa shape index (κ2) is 6.23. The number of nitrogens with two attached hydrogens (primary N) is 1. The summed E-state index contributed by atoms with van der Waals surface area (Å²) in [6.07, 6.45) is 2.80. The van der Waals surface area contributed by atoms with Crippen LogP contribution < -0.4 is 11.1 Å². The molecule has 1 unspecified atom stereocenters. The van der Waals surface area contributed by atoms with Gasteiger partial charge in [-0.2, -0.15) is 0 Å².